The maximum absolute atomic E-state index is 5.61. The van der Waals surface area contributed by atoms with Crippen LogP contribution in [0.1, 0.15) is 0 Å². The van der Waals surface area contributed by atoms with Crippen molar-refractivity contribution >= 4 is 23.2 Å². The SMILES string of the molecule is COCC(COC)C(Cl)Cl. The van der Waals surface area contributed by atoms with Crippen LogP contribution in [-0.2, 0) is 9.47 Å². The lowest BCUT2D eigenvalue weighted by Gasteiger charge is -2.14. The fraction of sp³-hybridized carbons (Fsp3) is 1.00. The van der Waals surface area contributed by atoms with Crippen molar-refractivity contribution in [1.82, 2.24) is 0 Å². The van der Waals surface area contributed by atoms with E-state index in [2.05, 4.69) is 0 Å². The lowest BCUT2D eigenvalue weighted by Crippen LogP contribution is -2.20. The van der Waals surface area contributed by atoms with Crippen LogP contribution < -0.4 is 0 Å². The number of hydrogen-bond acceptors (Lipinski definition) is 2. The molecule has 0 aliphatic heterocycles. The highest BCUT2D eigenvalue weighted by Gasteiger charge is 2.15. The van der Waals surface area contributed by atoms with Crippen LogP contribution in [-0.4, -0.2) is 32.3 Å². The maximum atomic E-state index is 5.61. The molecular weight excluding hydrogens is 175 g/mol. The van der Waals surface area contributed by atoms with Crippen molar-refractivity contribution in [3.8, 4) is 0 Å². The summed E-state index contributed by atoms with van der Waals surface area (Å²) in [6, 6.07) is 0. The normalized spacial score (nSPS) is 11.4. The summed E-state index contributed by atoms with van der Waals surface area (Å²) in [5.41, 5.74) is 0. The molecule has 0 rings (SSSR count). The summed E-state index contributed by atoms with van der Waals surface area (Å²) in [5.74, 6) is 0.0679. The number of alkyl halides is 2. The Morgan fingerprint density at radius 1 is 1.10 bits per heavy atom. The predicted molar refractivity (Wildman–Crippen MR) is 42.7 cm³/mol. The van der Waals surface area contributed by atoms with Gasteiger partial charge in [0.05, 0.1) is 13.2 Å². The third-order valence-corrected chi connectivity index (χ3v) is 1.83. The van der Waals surface area contributed by atoms with Crippen molar-refractivity contribution in [3.63, 3.8) is 0 Å². The van der Waals surface area contributed by atoms with Crippen LogP contribution in [0.3, 0.4) is 0 Å². The van der Waals surface area contributed by atoms with E-state index in [9.17, 15) is 0 Å². The molecule has 0 fully saturated rings. The first kappa shape index (κ1) is 10.5. The monoisotopic (exact) mass is 186 g/mol. The average molecular weight is 187 g/mol. The van der Waals surface area contributed by atoms with Crippen LogP contribution in [0.2, 0.25) is 0 Å². The molecule has 10 heavy (non-hydrogen) atoms. The molecule has 0 heterocycles. The van der Waals surface area contributed by atoms with E-state index >= 15 is 0 Å². The van der Waals surface area contributed by atoms with Crippen molar-refractivity contribution in [2.45, 2.75) is 4.84 Å². The third-order valence-electron chi connectivity index (χ3n) is 1.12. The van der Waals surface area contributed by atoms with Gasteiger partial charge in [-0.2, -0.15) is 0 Å². The molecule has 0 unspecified atom stereocenters. The van der Waals surface area contributed by atoms with Gasteiger partial charge in [0.25, 0.3) is 0 Å². The molecule has 62 valence electrons. The molecule has 0 amide bonds. The molecule has 0 aromatic heterocycles. The zero-order chi connectivity index (χ0) is 7.98. The van der Waals surface area contributed by atoms with E-state index < -0.39 is 4.84 Å². The van der Waals surface area contributed by atoms with Gasteiger partial charge in [0.2, 0.25) is 0 Å². The van der Waals surface area contributed by atoms with Gasteiger partial charge in [-0.05, 0) is 0 Å². The van der Waals surface area contributed by atoms with Crippen molar-refractivity contribution < 1.29 is 9.47 Å². The van der Waals surface area contributed by atoms with Crippen LogP contribution in [0.25, 0.3) is 0 Å². The van der Waals surface area contributed by atoms with Crippen molar-refractivity contribution in [3.05, 3.63) is 0 Å². The topological polar surface area (TPSA) is 18.5 Å². The van der Waals surface area contributed by atoms with Crippen molar-refractivity contribution in [2.75, 3.05) is 27.4 Å². The second-order valence-electron chi connectivity index (χ2n) is 2.01. The number of halogens is 2. The van der Waals surface area contributed by atoms with Gasteiger partial charge in [0.1, 0.15) is 4.84 Å². The van der Waals surface area contributed by atoms with Gasteiger partial charge in [0.15, 0.2) is 0 Å². The molecule has 2 nitrogen and oxygen atoms in total. The molecule has 0 N–H and O–H groups in total. The number of ether oxygens (including phenoxy) is 2. The largest absolute Gasteiger partial charge is 0.384 e. The average Bonchev–Trinajstić information content (AvgIpc) is 1.87. The van der Waals surface area contributed by atoms with E-state index in [-0.39, 0.29) is 5.92 Å². The van der Waals surface area contributed by atoms with E-state index in [1.54, 1.807) is 14.2 Å². The molecule has 0 aliphatic carbocycles. The van der Waals surface area contributed by atoms with Crippen LogP contribution >= 0.6 is 23.2 Å². The smallest absolute Gasteiger partial charge is 0.115 e. The summed E-state index contributed by atoms with van der Waals surface area (Å²) in [5, 5.41) is 0. The minimum absolute atomic E-state index is 0.0679. The van der Waals surface area contributed by atoms with Gasteiger partial charge >= 0.3 is 0 Å². The summed E-state index contributed by atoms with van der Waals surface area (Å²) >= 11 is 11.2. The molecule has 0 radical (unpaired) electrons. The Morgan fingerprint density at radius 3 is 1.70 bits per heavy atom. The minimum atomic E-state index is -0.417. The van der Waals surface area contributed by atoms with E-state index in [1.807, 2.05) is 0 Å². The first-order valence-electron chi connectivity index (χ1n) is 2.98. The predicted octanol–water partition coefficient (Wildman–Crippen LogP) is 1.70. The van der Waals surface area contributed by atoms with Gasteiger partial charge in [-0.15, -0.1) is 23.2 Å². The maximum Gasteiger partial charge on any atom is 0.115 e. The molecule has 0 aliphatic rings. The highest BCUT2D eigenvalue weighted by atomic mass is 35.5. The van der Waals surface area contributed by atoms with Gasteiger partial charge in [0, 0.05) is 20.1 Å². The van der Waals surface area contributed by atoms with Gasteiger partial charge in [-0.1, -0.05) is 0 Å². The summed E-state index contributed by atoms with van der Waals surface area (Å²) in [7, 11) is 3.22. The molecule has 0 saturated carbocycles. The fourth-order valence-electron chi connectivity index (χ4n) is 0.622. The lowest BCUT2D eigenvalue weighted by molar-refractivity contribution is 0.0908. The Kier molecular flexibility index (Phi) is 6.54. The molecule has 0 saturated heterocycles. The summed E-state index contributed by atoms with van der Waals surface area (Å²) in [6.45, 7) is 1.07. The molecule has 0 bridgehead atoms. The zero-order valence-electron chi connectivity index (χ0n) is 6.14. The quantitative estimate of drug-likeness (QED) is 0.610. The van der Waals surface area contributed by atoms with E-state index in [1.165, 1.54) is 0 Å². The highest BCUT2D eigenvalue weighted by Crippen LogP contribution is 2.15. The second kappa shape index (κ2) is 6.23. The lowest BCUT2D eigenvalue weighted by atomic mass is 10.2. The second-order valence-corrected chi connectivity index (χ2v) is 3.17. The van der Waals surface area contributed by atoms with Crippen LogP contribution in [0, 0.1) is 5.92 Å². The molecule has 0 aromatic carbocycles. The standard InChI is InChI=1S/C6H12Cl2O2/c1-9-3-5(4-10-2)6(7)8/h5-6H,3-4H2,1-2H3. The Bertz CT molecular complexity index is 72.1. The van der Waals surface area contributed by atoms with Gasteiger partial charge < -0.3 is 9.47 Å². The summed E-state index contributed by atoms with van der Waals surface area (Å²) < 4.78 is 9.74. The summed E-state index contributed by atoms with van der Waals surface area (Å²) in [4.78, 5) is -0.417. The minimum Gasteiger partial charge on any atom is -0.384 e. The highest BCUT2D eigenvalue weighted by molar-refractivity contribution is 6.44. The number of methoxy groups -OCH3 is 2. The first-order valence-corrected chi connectivity index (χ1v) is 3.85. The number of hydrogen-bond donors (Lipinski definition) is 0. The Morgan fingerprint density at radius 2 is 1.50 bits per heavy atom. The van der Waals surface area contributed by atoms with E-state index in [4.69, 9.17) is 32.7 Å². The first-order chi connectivity index (χ1) is 4.72. The Hall–Kier alpha value is 0.500. The van der Waals surface area contributed by atoms with Crippen LogP contribution in [0.4, 0.5) is 0 Å². The third kappa shape index (κ3) is 4.34. The van der Waals surface area contributed by atoms with Crippen LogP contribution in [0.5, 0.6) is 0 Å². The molecule has 0 spiro atoms. The van der Waals surface area contributed by atoms with E-state index in [0.717, 1.165) is 0 Å². The number of rotatable bonds is 5. The molecule has 0 atom stereocenters. The molecule has 0 aromatic rings. The van der Waals surface area contributed by atoms with Crippen molar-refractivity contribution in [1.29, 1.82) is 0 Å². The summed E-state index contributed by atoms with van der Waals surface area (Å²) in [6.07, 6.45) is 0. The Balaban J connectivity index is 3.50. The fourth-order valence-corrected chi connectivity index (χ4v) is 0.913. The van der Waals surface area contributed by atoms with Gasteiger partial charge in [-0.25, -0.2) is 0 Å². The van der Waals surface area contributed by atoms with Gasteiger partial charge in [-0.3, -0.25) is 0 Å². The van der Waals surface area contributed by atoms with Crippen molar-refractivity contribution in [2.24, 2.45) is 5.92 Å². The molecule has 4 heteroatoms. The van der Waals surface area contributed by atoms with Crippen LogP contribution in [0.15, 0.2) is 0 Å². The molecular formula is C6H12Cl2O2. The Labute approximate surface area is 71.4 Å². The zero-order valence-corrected chi connectivity index (χ0v) is 7.65. The van der Waals surface area contributed by atoms with E-state index in [0.29, 0.717) is 13.2 Å².